The van der Waals surface area contributed by atoms with Crippen LogP contribution in [-0.4, -0.2) is 17.8 Å². The highest BCUT2D eigenvalue weighted by molar-refractivity contribution is 6.31. The molecule has 0 amide bonds. The van der Waals surface area contributed by atoms with Gasteiger partial charge in [-0.2, -0.15) is 0 Å². The van der Waals surface area contributed by atoms with Gasteiger partial charge in [0.1, 0.15) is 0 Å². The molecule has 3 heteroatoms. The SMILES string of the molecule is Cc1ccc(Cl)c(C2(CN)CC(O)C2)c1. The van der Waals surface area contributed by atoms with Crippen LogP contribution in [0.4, 0.5) is 0 Å². The van der Waals surface area contributed by atoms with Gasteiger partial charge >= 0.3 is 0 Å². The Morgan fingerprint density at radius 3 is 2.73 bits per heavy atom. The molecule has 1 aromatic carbocycles. The summed E-state index contributed by atoms with van der Waals surface area (Å²) in [6.07, 6.45) is 1.24. The monoisotopic (exact) mass is 225 g/mol. The Labute approximate surface area is 95.1 Å². The van der Waals surface area contributed by atoms with E-state index in [0.717, 1.165) is 23.4 Å². The first kappa shape index (κ1) is 10.9. The molecule has 1 aliphatic rings. The molecule has 0 radical (unpaired) electrons. The van der Waals surface area contributed by atoms with Crippen LogP contribution in [-0.2, 0) is 5.41 Å². The zero-order valence-corrected chi connectivity index (χ0v) is 9.59. The number of benzene rings is 1. The second kappa shape index (κ2) is 3.78. The largest absolute Gasteiger partial charge is 0.393 e. The summed E-state index contributed by atoms with van der Waals surface area (Å²) in [5.74, 6) is 0. The standard InChI is InChI=1S/C12H16ClNO/c1-8-2-3-11(13)10(4-8)12(7-14)5-9(15)6-12/h2-4,9,15H,5-7,14H2,1H3. The van der Waals surface area contributed by atoms with Crippen LogP contribution in [0, 0.1) is 6.92 Å². The summed E-state index contributed by atoms with van der Waals surface area (Å²) >= 11 is 6.18. The molecule has 1 aliphatic carbocycles. The molecule has 0 unspecified atom stereocenters. The minimum atomic E-state index is -0.217. The maximum atomic E-state index is 9.44. The number of halogens is 1. The van der Waals surface area contributed by atoms with Crippen LogP contribution in [0.25, 0.3) is 0 Å². The van der Waals surface area contributed by atoms with Crippen LogP contribution >= 0.6 is 11.6 Å². The Hall–Kier alpha value is -0.570. The van der Waals surface area contributed by atoms with E-state index in [4.69, 9.17) is 17.3 Å². The van der Waals surface area contributed by atoms with Crippen molar-refractivity contribution < 1.29 is 5.11 Å². The van der Waals surface area contributed by atoms with Gasteiger partial charge in [-0.3, -0.25) is 0 Å². The molecule has 1 fully saturated rings. The fourth-order valence-electron chi connectivity index (χ4n) is 2.38. The lowest BCUT2D eigenvalue weighted by Crippen LogP contribution is -2.50. The number of aliphatic hydroxyl groups is 1. The van der Waals surface area contributed by atoms with E-state index >= 15 is 0 Å². The van der Waals surface area contributed by atoms with Gasteiger partial charge in [-0.05, 0) is 31.4 Å². The zero-order valence-electron chi connectivity index (χ0n) is 8.83. The molecule has 0 atom stereocenters. The molecule has 1 saturated carbocycles. The predicted octanol–water partition coefficient (Wildman–Crippen LogP) is 2.00. The van der Waals surface area contributed by atoms with E-state index in [1.54, 1.807) is 0 Å². The Kier molecular flexibility index (Phi) is 2.75. The molecule has 0 saturated heterocycles. The van der Waals surface area contributed by atoms with E-state index in [1.165, 1.54) is 5.56 Å². The van der Waals surface area contributed by atoms with Gasteiger partial charge in [0.25, 0.3) is 0 Å². The van der Waals surface area contributed by atoms with E-state index in [9.17, 15) is 5.11 Å². The van der Waals surface area contributed by atoms with Crippen molar-refractivity contribution in [2.45, 2.75) is 31.3 Å². The molecule has 0 heterocycles. The average molecular weight is 226 g/mol. The lowest BCUT2D eigenvalue weighted by Gasteiger charge is -2.45. The number of aliphatic hydroxyl groups excluding tert-OH is 1. The minimum absolute atomic E-state index is 0.0947. The van der Waals surface area contributed by atoms with Crippen LogP contribution in [0.1, 0.15) is 24.0 Å². The molecule has 1 aromatic rings. The number of hydrogen-bond acceptors (Lipinski definition) is 2. The van der Waals surface area contributed by atoms with E-state index in [1.807, 2.05) is 19.1 Å². The van der Waals surface area contributed by atoms with Gasteiger partial charge in [-0.25, -0.2) is 0 Å². The van der Waals surface area contributed by atoms with E-state index < -0.39 is 0 Å². The van der Waals surface area contributed by atoms with Gasteiger partial charge in [-0.15, -0.1) is 0 Å². The molecule has 2 nitrogen and oxygen atoms in total. The number of nitrogens with two attached hydrogens (primary N) is 1. The molecular formula is C12H16ClNO. The minimum Gasteiger partial charge on any atom is -0.393 e. The van der Waals surface area contributed by atoms with Crippen LogP contribution in [0.3, 0.4) is 0 Å². The van der Waals surface area contributed by atoms with Crippen molar-refractivity contribution >= 4 is 11.6 Å². The smallest absolute Gasteiger partial charge is 0.0558 e. The van der Waals surface area contributed by atoms with Crippen LogP contribution in [0.2, 0.25) is 5.02 Å². The average Bonchev–Trinajstić information content (AvgIpc) is 2.17. The summed E-state index contributed by atoms with van der Waals surface area (Å²) in [6, 6.07) is 5.99. The van der Waals surface area contributed by atoms with Crippen LogP contribution < -0.4 is 5.73 Å². The lowest BCUT2D eigenvalue weighted by molar-refractivity contribution is 0.0222. The third-order valence-corrected chi connectivity index (χ3v) is 3.67. The summed E-state index contributed by atoms with van der Waals surface area (Å²) in [4.78, 5) is 0. The summed E-state index contributed by atoms with van der Waals surface area (Å²) < 4.78 is 0. The molecule has 15 heavy (non-hydrogen) atoms. The summed E-state index contributed by atoms with van der Waals surface area (Å²) in [5.41, 5.74) is 8.00. The highest BCUT2D eigenvalue weighted by Crippen LogP contribution is 2.45. The summed E-state index contributed by atoms with van der Waals surface area (Å²) in [5, 5.41) is 10.2. The molecule has 0 bridgehead atoms. The molecular weight excluding hydrogens is 210 g/mol. The molecule has 0 aliphatic heterocycles. The zero-order chi connectivity index (χ0) is 11.1. The second-order valence-corrected chi connectivity index (χ2v) is 4.94. The summed E-state index contributed by atoms with van der Waals surface area (Å²) in [6.45, 7) is 2.59. The Bertz CT molecular complexity index is 372. The third-order valence-electron chi connectivity index (χ3n) is 3.34. The predicted molar refractivity (Wildman–Crippen MR) is 62.2 cm³/mol. The first-order valence-electron chi connectivity index (χ1n) is 5.22. The molecule has 2 rings (SSSR count). The van der Waals surface area contributed by atoms with E-state index in [0.29, 0.717) is 6.54 Å². The number of rotatable bonds is 2. The third kappa shape index (κ3) is 1.78. The van der Waals surface area contributed by atoms with E-state index in [2.05, 4.69) is 6.07 Å². The van der Waals surface area contributed by atoms with Crippen molar-refractivity contribution in [3.63, 3.8) is 0 Å². The Balaban J connectivity index is 2.39. The van der Waals surface area contributed by atoms with Crippen molar-refractivity contribution in [3.05, 3.63) is 34.3 Å². The van der Waals surface area contributed by atoms with Crippen molar-refractivity contribution in [2.75, 3.05) is 6.54 Å². The van der Waals surface area contributed by atoms with Crippen molar-refractivity contribution in [1.29, 1.82) is 0 Å². The maximum Gasteiger partial charge on any atom is 0.0558 e. The van der Waals surface area contributed by atoms with Gasteiger partial charge < -0.3 is 10.8 Å². The summed E-state index contributed by atoms with van der Waals surface area (Å²) in [7, 11) is 0. The fourth-order valence-corrected chi connectivity index (χ4v) is 2.70. The Morgan fingerprint density at radius 2 is 2.20 bits per heavy atom. The second-order valence-electron chi connectivity index (χ2n) is 4.53. The van der Waals surface area contributed by atoms with Gasteiger partial charge in [0.05, 0.1) is 6.10 Å². The van der Waals surface area contributed by atoms with Crippen molar-refractivity contribution in [1.82, 2.24) is 0 Å². The number of hydrogen-bond donors (Lipinski definition) is 2. The van der Waals surface area contributed by atoms with Gasteiger partial charge in [0.2, 0.25) is 0 Å². The first-order chi connectivity index (χ1) is 7.07. The number of aryl methyl sites for hydroxylation is 1. The highest BCUT2D eigenvalue weighted by Gasteiger charge is 2.44. The van der Waals surface area contributed by atoms with Crippen molar-refractivity contribution in [3.8, 4) is 0 Å². The molecule has 3 N–H and O–H groups in total. The quantitative estimate of drug-likeness (QED) is 0.809. The van der Waals surface area contributed by atoms with Gasteiger partial charge in [0, 0.05) is 17.0 Å². The van der Waals surface area contributed by atoms with Crippen LogP contribution in [0.15, 0.2) is 18.2 Å². The molecule has 0 aromatic heterocycles. The molecule has 0 spiro atoms. The normalized spacial score (nSPS) is 30.0. The topological polar surface area (TPSA) is 46.2 Å². The fraction of sp³-hybridized carbons (Fsp3) is 0.500. The van der Waals surface area contributed by atoms with Gasteiger partial charge in [-0.1, -0.05) is 29.3 Å². The Morgan fingerprint density at radius 1 is 1.53 bits per heavy atom. The lowest BCUT2D eigenvalue weighted by atomic mass is 9.62. The van der Waals surface area contributed by atoms with Gasteiger partial charge in [0.15, 0.2) is 0 Å². The van der Waals surface area contributed by atoms with E-state index in [-0.39, 0.29) is 11.5 Å². The highest BCUT2D eigenvalue weighted by atomic mass is 35.5. The maximum absolute atomic E-state index is 9.44. The van der Waals surface area contributed by atoms with Crippen molar-refractivity contribution in [2.24, 2.45) is 5.73 Å². The first-order valence-corrected chi connectivity index (χ1v) is 5.60. The molecule has 82 valence electrons. The van der Waals surface area contributed by atoms with Crippen LogP contribution in [0.5, 0.6) is 0 Å².